The second kappa shape index (κ2) is 6.56. The zero-order chi connectivity index (χ0) is 20.1. The highest BCUT2D eigenvalue weighted by Gasteiger charge is 2.32. The Bertz CT molecular complexity index is 1200. The molecule has 0 amide bonds. The van der Waals surface area contributed by atoms with Gasteiger partial charge in [-0.15, -0.1) is 0 Å². The summed E-state index contributed by atoms with van der Waals surface area (Å²) < 4.78 is 39.4. The number of nitrogens with zero attached hydrogens (tertiary/aromatic N) is 2. The van der Waals surface area contributed by atoms with Crippen LogP contribution in [0.3, 0.4) is 0 Å². The zero-order valence-corrected chi connectivity index (χ0v) is 16.6. The molecule has 3 aromatic rings. The number of sulfonamides is 1. The molecule has 8 heteroatoms. The van der Waals surface area contributed by atoms with Crippen molar-refractivity contribution in [3.05, 3.63) is 42.0 Å². The quantitative estimate of drug-likeness (QED) is 0.630. The minimum absolute atomic E-state index is 0.228. The zero-order valence-electron chi connectivity index (χ0n) is 15.8. The fraction of sp³-hybridized carbons (Fsp3) is 0.250. The number of hydrogen-bond donors (Lipinski definition) is 0. The topological polar surface area (TPSA) is 77.8 Å². The third-order valence-electron chi connectivity index (χ3n) is 5.07. The highest BCUT2D eigenvalue weighted by molar-refractivity contribution is 7.92. The van der Waals surface area contributed by atoms with Crippen LogP contribution in [0.15, 0.2) is 36.4 Å². The van der Waals surface area contributed by atoms with E-state index in [-0.39, 0.29) is 6.54 Å². The van der Waals surface area contributed by atoms with Crippen molar-refractivity contribution in [2.24, 2.45) is 0 Å². The lowest BCUT2D eigenvalue weighted by Crippen LogP contribution is -2.32. The van der Waals surface area contributed by atoms with Gasteiger partial charge >= 0.3 is 0 Å². The molecule has 7 nitrogen and oxygen atoms in total. The molecule has 0 saturated heterocycles. The maximum absolute atomic E-state index is 12.6. The molecule has 1 aromatic heterocycles. The summed E-state index contributed by atoms with van der Waals surface area (Å²) in [6, 6.07) is 11.0. The van der Waals surface area contributed by atoms with E-state index in [1.54, 1.807) is 12.1 Å². The van der Waals surface area contributed by atoms with Gasteiger partial charge in [-0.25, -0.2) is 8.42 Å². The Morgan fingerprint density at radius 3 is 2.46 bits per heavy atom. The predicted molar refractivity (Wildman–Crippen MR) is 108 cm³/mol. The minimum Gasteiger partial charge on any atom is -0.497 e. The van der Waals surface area contributed by atoms with Crippen LogP contribution < -0.4 is 13.8 Å². The number of para-hydroxylation sites is 1. The van der Waals surface area contributed by atoms with E-state index in [1.165, 1.54) is 24.8 Å². The van der Waals surface area contributed by atoms with Crippen LogP contribution in [0, 0.1) is 0 Å². The maximum atomic E-state index is 12.6. The van der Waals surface area contributed by atoms with Crippen LogP contribution in [0.2, 0.25) is 0 Å². The second-order valence-electron chi connectivity index (χ2n) is 6.61. The van der Waals surface area contributed by atoms with E-state index < -0.39 is 10.0 Å². The largest absolute Gasteiger partial charge is 0.497 e. The van der Waals surface area contributed by atoms with Crippen molar-refractivity contribution in [2.45, 2.75) is 6.54 Å². The van der Waals surface area contributed by atoms with E-state index in [0.29, 0.717) is 40.6 Å². The summed E-state index contributed by atoms with van der Waals surface area (Å²) in [5.41, 5.74) is 3.03. The minimum atomic E-state index is -3.56. The Hall–Kier alpha value is -3.00. The molecule has 0 aliphatic carbocycles. The Balaban J connectivity index is 2.19. The van der Waals surface area contributed by atoms with Gasteiger partial charge in [-0.1, -0.05) is 18.2 Å². The summed E-state index contributed by atoms with van der Waals surface area (Å²) in [7, 11) is -0.538. The van der Waals surface area contributed by atoms with Gasteiger partial charge in [0.05, 0.1) is 44.0 Å². The fourth-order valence-corrected chi connectivity index (χ4v) is 4.81. The lowest BCUT2D eigenvalue weighted by molar-refractivity contribution is 0.112. The monoisotopic (exact) mass is 400 g/mol. The van der Waals surface area contributed by atoms with Gasteiger partial charge in [0.1, 0.15) is 11.5 Å². The van der Waals surface area contributed by atoms with Crippen molar-refractivity contribution in [3.8, 4) is 22.8 Å². The summed E-state index contributed by atoms with van der Waals surface area (Å²) >= 11 is 0. The average Bonchev–Trinajstić information content (AvgIpc) is 2.88. The second-order valence-corrected chi connectivity index (χ2v) is 8.51. The van der Waals surface area contributed by atoms with Gasteiger partial charge in [-0.2, -0.15) is 0 Å². The molecule has 0 radical (unpaired) electrons. The SMILES string of the molecule is COc1cc(OC)c2c(c1)N(S(C)(=O)=O)CCn1c-2c(C=O)c2ccccc21. The van der Waals surface area contributed by atoms with Crippen molar-refractivity contribution in [1.29, 1.82) is 0 Å². The molecule has 0 N–H and O–H groups in total. The first-order valence-electron chi connectivity index (χ1n) is 8.71. The van der Waals surface area contributed by atoms with E-state index in [9.17, 15) is 13.2 Å². The third kappa shape index (κ3) is 2.63. The number of carbonyl (C=O) groups is 1. The Morgan fingerprint density at radius 1 is 1.07 bits per heavy atom. The molecule has 1 aliphatic rings. The molecule has 1 aliphatic heterocycles. The van der Waals surface area contributed by atoms with E-state index >= 15 is 0 Å². The lowest BCUT2D eigenvalue weighted by atomic mass is 10.0. The fourth-order valence-electron chi connectivity index (χ4n) is 3.90. The number of ether oxygens (including phenoxy) is 2. The molecular formula is C20H20N2O5S. The summed E-state index contributed by atoms with van der Waals surface area (Å²) in [6.45, 7) is 0.628. The highest BCUT2D eigenvalue weighted by Crippen LogP contribution is 2.47. The molecular weight excluding hydrogens is 380 g/mol. The van der Waals surface area contributed by atoms with Crippen LogP contribution in [0.5, 0.6) is 11.5 Å². The van der Waals surface area contributed by atoms with E-state index in [4.69, 9.17) is 9.47 Å². The molecule has 0 saturated carbocycles. The van der Waals surface area contributed by atoms with Crippen LogP contribution in [0.1, 0.15) is 10.4 Å². The molecule has 0 bridgehead atoms. The van der Waals surface area contributed by atoms with Crippen LogP contribution >= 0.6 is 0 Å². The first-order chi connectivity index (χ1) is 13.4. The van der Waals surface area contributed by atoms with Crippen molar-refractivity contribution in [1.82, 2.24) is 4.57 Å². The van der Waals surface area contributed by atoms with Gasteiger partial charge < -0.3 is 14.0 Å². The Labute approximate surface area is 163 Å². The van der Waals surface area contributed by atoms with Crippen LogP contribution in [0.25, 0.3) is 22.2 Å². The molecule has 0 unspecified atom stereocenters. The van der Waals surface area contributed by atoms with Crippen LogP contribution in [-0.2, 0) is 16.6 Å². The highest BCUT2D eigenvalue weighted by atomic mass is 32.2. The standard InChI is InChI=1S/C20H20N2O5S/c1-26-13-10-17-19(18(11-13)27-2)20-15(12-23)14-6-4-5-7-16(14)21(20)8-9-22(17)28(3,24)25/h4-7,10-12H,8-9H2,1-3H3. The Morgan fingerprint density at radius 2 is 1.82 bits per heavy atom. The maximum Gasteiger partial charge on any atom is 0.232 e. The summed E-state index contributed by atoms with van der Waals surface area (Å²) in [5.74, 6) is 0.915. The third-order valence-corrected chi connectivity index (χ3v) is 6.25. The summed E-state index contributed by atoms with van der Waals surface area (Å²) in [4.78, 5) is 12.1. The van der Waals surface area contributed by atoms with Crippen molar-refractivity contribution in [2.75, 3.05) is 31.3 Å². The normalized spacial score (nSPS) is 13.6. The molecule has 0 spiro atoms. The van der Waals surface area contributed by atoms with Crippen LogP contribution in [0.4, 0.5) is 5.69 Å². The first-order valence-corrected chi connectivity index (χ1v) is 10.6. The molecule has 2 heterocycles. The first kappa shape index (κ1) is 18.4. The molecule has 146 valence electrons. The average molecular weight is 400 g/mol. The van der Waals surface area contributed by atoms with Gasteiger partial charge in [-0.3, -0.25) is 9.10 Å². The number of aromatic nitrogens is 1. The number of hydrogen-bond acceptors (Lipinski definition) is 5. The number of aldehydes is 1. The lowest BCUT2D eigenvalue weighted by Gasteiger charge is -2.24. The number of benzene rings is 2. The van der Waals surface area contributed by atoms with E-state index in [2.05, 4.69) is 0 Å². The summed E-state index contributed by atoms with van der Waals surface area (Å²) in [5, 5.41) is 0.823. The van der Waals surface area contributed by atoms with Gasteiger partial charge in [0.2, 0.25) is 10.0 Å². The molecule has 0 atom stereocenters. The molecule has 28 heavy (non-hydrogen) atoms. The number of anilines is 1. The van der Waals surface area contributed by atoms with Gasteiger partial charge in [0, 0.05) is 35.1 Å². The van der Waals surface area contributed by atoms with Crippen molar-refractivity contribution in [3.63, 3.8) is 0 Å². The van der Waals surface area contributed by atoms with Gasteiger partial charge in [0.25, 0.3) is 0 Å². The van der Waals surface area contributed by atoms with E-state index in [0.717, 1.165) is 17.2 Å². The van der Waals surface area contributed by atoms with E-state index in [1.807, 2.05) is 28.8 Å². The van der Waals surface area contributed by atoms with Crippen molar-refractivity contribution < 1.29 is 22.7 Å². The molecule has 2 aromatic carbocycles. The predicted octanol–water partition coefficient (Wildman–Crippen LogP) is 2.92. The molecule has 0 fully saturated rings. The number of methoxy groups -OCH3 is 2. The molecule has 4 rings (SSSR count). The Kier molecular flexibility index (Phi) is 4.30. The number of rotatable bonds is 4. The van der Waals surface area contributed by atoms with Crippen molar-refractivity contribution >= 4 is 32.9 Å². The number of carbonyl (C=O) groups excluding carboxylic acids is 1. The summed E-state index contributed by atoms with van der Waals surface area (Å²) in [6.07, 6.45) is 1.99. The van der Waals surface area contributed by atoms with Gasteiger partial charge in [-0.05, 0) is 6.07 Å². The smallest absolute Gasteiger partial charge is 0.232 e. The van der Waals surface area contributed by atoms with Crippen LogP contribution in [-0.4, -0.2) is 46.3 Å². The van der Waals surface area contributed by atoms with Gasteiger partial charge in [0.15, 0.2) is 6.29 Å². The number of fused-ring (bicyclic) bond motifs is 5.